The molecule has 0 unspecified atom stereocenters. The predicted molar refractivity (Wildman–Crippen MR) is 83.4 cm³/mol. The van der Waals surface area contributed by atoms with Gasteiger partial charge in [0, 0.05) is 18.8 Å². The maximum absolute atomic E-state index is 12.8. The van der Waals surface area contributed by atoms with Crippen molar-refractivity contribution in [2.75, 3.05) is 25.4 Å². The fraction of sp³-hybridized carbons (Fsp3) is 0.500. The number of nitrogen functional groups attached to an aromatic ring is 1. The van der Waals surface area contributed by atoms with Crippen LogP contribution < -0.4 is 11.1 Å². The zero-order chi connectivity index (χ0) is 16.2. The van der Waals surface area contributed by atoms with Crippen LogP contribution >= 0.6 is 0 Å². The van der Waals surface area contributed by atoms with E-state index in [0.717, 1.165) is 4.31 Å². The van der Waals surface area contributed by atoms with E-state index in [9.17, 15) is 13.2 Å². The summed E-state index contributed by atoms with van der Waals surface area (Å²) in [5.74, 6) is -0.317. The molecule has 6 nitrogen and oxygen atoms in total. The summed E-state index contributed by atoms with van der Waals surface area (Å²) in [5.41, 5.74) is 7.38. The van der Waals surface area contributed by atoms with Crippen LogP contribution in [0.3, 0.4) is 0 Å². The van der Waals surface area contributed by atoms with Crippen LogP contribution in [0.15, 0.2) is 17.0 Å². The summed E-state index contributed by atoms with van der Waals surface area (Å²) in [5, 5.41) is 2.60. The molecule has 0 heterocycles. The van der Waals surface area contributed by atoms with Crippen molar-refractivity contribution in [1.29, 1.82) is 0 Å². The largest absolute Gasteiger partial charge is 0.398 e. The molecule has 118 valence electrons. The van der Waals surface area contributed by atoms with E-state index in [2.05, 4.69) is 5.32 Å². The summed E-state index contributed by atoms with van der Waals surface area (Å²) in [7, 11) is -3.76. The summed E-state index contributed by atoms with van der Waals surface area (Å²) >= 11 is 0. The minimum absolute atomic E-state index is 0.189. The average Bonchev–Trinajstić information content (AvgIpc) is 2.40. The van der Waals surface area contributed by atoms with E-state index in [1.165, 1.54) is 0 Å². The molecule has 0 spiro atoms. The van der Waals surface area contributed by atoms with Crippen molar-refractivity contribution in [3.05, 3.63) is 23.3 Å². The van der Waals surface area contributed by atoms with Crippen LogP contribution in [0.4, 0.5) is 5.69 Å². The number of nitrogens with zero attached hydrogens (tertiary/aromatic N) is 1. The Kier molecular flexibility index (Phi) is 5.74. The van der Waals surface area contributed by atoms with E-state index in [0.29, 0.717) is 23.4 Å². The third kappa shape index (κ3) is 3.74. The van der Waals surface area contributed by atoms with E-state index < -0.39 is 10.0 Å². The van der Waals surface area contributed by atoms with Crippen LogP contribution in [0.2, 0.25) is 0 Å². The molecular formula is C14H23N3O3S. The number of rotatable bonds is 6. The van der Waals surface area contributed by atoms with Crippen LogP contribution in [0.25, 0.3) is 0 Å². The average molecular weight is 313 g/mol. The molecule has 0 atom stereocenters. The number of nitrogens with two attached hydrogens (primary N) is 1. The summed E-state index contributed by atoms with van der Waals surface area (Å²) in [6.07, 6.45) is 0. The Morgan fingerprint density at radius 2 is 1.90 bits per heavy atom. The second-order valence-electron chi connectivity index (χ2n) is 4.81. The highest BCUT2D eigenvalue weighted by atomic mass is 32.2. The minimum atomic E-state index is -3.76. The molecule has 1 amide bonds. The minimum Gasteiger partial charge on any atom is -0.398 e. The van der Waals surface area contributed by atoms with E-state index >= 15 is 0 Å². The first-order valence-corrected chi connectivity index (χ1v) is 8.32. The van der Waals surface area contributed by atoms with Crippen molar-refractivity contribution in [3.8, 4) is 0 Å². The van der Waals surface area contributed by atoms with Gasteiger partial charge in [0.05, 0.1) is 11.4 Å². The van der Waals surface area contributed by atoms with Crippen molar-refractivity contribution in [3.63, 3.8) is 0 Å². The monoisotopic (exact) mass is 313 g/mol. The van der Waals surface area contributed by atoms with Gasteiger partial charge >= 0.3 is 0 Å². The van der Waals surface area contributed by atoms with E-state index in [-0.39, 0.29) is 23.9 Å². The molecule has 0 saturated heterocycles. The van der Waals surface area contributed by atoms with Crippen molar-refractivity contribution < 1.29 is 13.2 Å². The number of likely N-dealkylation sites (N-methyl/N-ethyl adjacent to an activating group) is 2. The second kappa shape index (κ2) is 6.91. The van der Waals surface area contributed by atoms with Crippen molar-refractivity contribution in [2.24, 2.45) is 0 Å². The molecule has 3 N–H and O–H groups in total. The van der Waals surface area contributed by atoms with Crippen LogP contribution in [-0.2, 0) is 14.8 Å². The zero-order valence-electron chi connectivity index (χ0n) is 12.9. The number of hydrogen-bond donors (Lipinski definition) is 2. The first-order valence-electron chi connectivity index (χ1n) is 6.88. The van der Waals surface area contributed by atoms with Gasteiger partial charge in [0.15, 0.2) is 0 Å². The van der Waals surface area contributed by atoms with Gasteiger partial charge in [0.1, 0.15) is 0 Å². The molecule has 1 rings (SSSR count). The highest BCUT2D eigenvalue weighted by molar-refractivity contribution is 7.89. The Hall–Kier alpha value is -1.60. The molecule has 0 radical (unpaired) electrons. The highest BCUT2D eigenvalue weighted by Crippen LogP contribution is 2.27. The fourth-order valence-electron chi connectivity index (χ4n) is 2.15. The van der Waals surface area contributed by atoms with E-state index in [1.54, 1.807) is 39.8 Å². The standard InChI is InChI=1S/C14H23N3O3S/c1-5-16-13(18)9-17(6-2)21(19,20)14-10(3)7-8-12(15)11(14)4/h7-8H,5-6,9,15H2,1-4H3,(H,16,18). The first kappa shape index (κ1) is 17.5. The lowest BCUT2D eigenvalue weighted by Gasteiger charge is -2.22. The van der Waals surface area contributed by atoms with E-state index in [4.69, 9.17) is 5.73 Å². The summed E-state index contributed by atoms with van der Waals surface area (Å²) < 4.78 is 26.7. The molecule has 0 aliphatic rings. The van der Waals surface area contributed by atoms with Gasteiger partial charge in [0.2, 0.25) is 15.9 Å². The molecule has 7 heteroatoms. The smallest absolute Gasteiger partial charge is 0.244 e. The van der Waals surface area contributed by atoms with Gasteiger partial charge < -0.3 is 11.1 Å². The lowest BCUT2D eigenvalue weighted by molar-refractivity contribution is -0.121. The summed E-state index contributed by atoms with van der Waals surface area (Å²) in [4.78, 5) is 11.9. The number of amides is 1. The van der Waals surface area contributed by atoms with Crippen molar-refractivity contribution >= 4 is 21.6 Å². The van der Waals surface area contributed by atoms with Crippen LogP contribution in [0.5, 0.6) is 0 Å². The Bertz CT molecular complexity index is 627. The Labute approximate surface area is 126 Å². The van der Waals surface area contributed by atoms with Gasteiger partial charge in [-0.3, -0.25) is 4.79 Å². The van der Waals surface area contributed by atoms with E-state index in [1.807, 2.05) is 0 Å². The Morgan fingerprint density at radius 1 is 1.29 bits per heavy atom. The molecule has 1 aromatic rings. The number of hydrogen-bond acceptors (Lipinski definition) is 4. The first-order chi connectivity index (χ1) is 9.75. The Balaban J connectivity index is 3.26. The van der Waals surface area contributed by atoms with Crippen LogP contribution in [-0.4, -0.2) is 38.3 Å². The SMILES string of the molecule is CCNC(=O)CN(CC)S(=O)(=O)c1c(C)ccc(N)c1C. The van der Waals surface area contributed by atoms with Gasteiger partial charge in [-0.1, -0.05) is 13.0 Å². The lowest BCUT2D eigenvalue weighted by Crippen LogP contribution is -2.41. The summed E-state index contributed by atoms with van der Waals surface area (Å²) in [6, 6.07) is 3.36. The third-order valence-corrected chi connectivity index (χ3v) is 5.50. The topological polar surface area (TPSA) is 92.5 Å². The number of carbonyl (C=O) groups excluding carboxylic acids is 1. The molecule has 0 saturated carbocycles. The van der Waals surface area contributed by atoms with Crippen LogP contribution in [0, 0.1) is 13.8 Å². The number of sulfonamides is 1. The van der Waals surface area contributed by atoms with Gasteiger partial charge in [-0.25, -0.2) is 8.42 Å². The lowest BCUT2D eigenvalue weighted by atomic mass is 10.1. The highest BCUT2D eigenvalue weighted by Gasteiger charge is 2.28. The molecular weight excluding hydrogens is 290 g/mol. The molecule has 0 aliphatic heterocycles. The van der Waals surface area contributed by atoms with Crippen molar-refractivity contribution in [2.45, 2.75) is 32.6 Å². The molecule has 0 aliphatic carbocycles. The number of anilines is 1. The zero-order valence-corrected chi connectivity index (χ0v) is 13.8. The second-order valence-corrected chi connectivity index (χ2v) is 6.69. The number of nitrogens with one attached hydrogen (secondary N) is 1. The fourth-order valence-corrected chi connectivity index (χ4v) is 4.01. The van der Waals surface area contributed by atoms with Gasteiger partial charge in [-0.2, -0.15) is 4.31 Å². The normalized spacial score (nSPS) is 11.7. The molecule has 0 bridgehead atoms. The molecule has 21 heavy (non-hydrogen) atoms. The molecule has 0 aromatic heterocycles. The summed E-state index contributed by atoms with van der Waals surface area (Å²) in [6.45, 7) is 7.37. The van der Waals surface area contributed by atoms with Gasteiger partial charge in [-0.05, 0) is 38.0 Å². The third-order valence-electron chi connectivity index (χ3n) is 3.29. The number of benzene rings is 1. The van der Waals surface area contributed by atoms with Gasteiger partial charge in [0.25, 0.3) is 0 Å². The molecule has 1 aromatic carbocycles. The number of aryl methyl sites for hydroxylation is 1. The number of carbonyl (C=O) groups is 1. The molecule has 0 fully saturated rings. The quantitative estimate of drug-likeness (QED) is 0.767. The Morgan fingerprint density at radius 3 is 2.43 bits per heavy atom. The van der Waals surface area contributed by atoms with Crippen LogP contribution in [0.1, 0.15) is 25.0 Å². The van der Waals surface area contributed by atoms with Gasteiger partial charge in [-0.15, -0.1) is 0 Å². The predicted octanol–water partition coefficient (Wildman–Crippen LogP) is 1.03. The maximum Gasteiger partial charge on any atom is 0.244 e. The van der Waals surface area contributed by atoms with Crippen molar-refractivity contribution in [1.82, 2.24) is 9.62 Å². The maximum atomic E-state index is 12.8.